The fraction of sp³-hybridized carbons (Fsp3) is 0.609. The molecule has 0 spiro atoms. The molecule has 1 heterocycles. The maximum absolute atomic E-state index is 13.1. The number of aliphatic imine (C=N–C) groups is 2. The van der Waals surface area contributed by atoms with Crippen molar-refractivity contribution in [2.24, 2.45) is 15.7 Å². The normalized spacial score (nSPS) is 16.4. The smallest absolute Gasteiger partial charge is 1.00 e. The number of phosphoric acid groups is 1. The molecule has 0 radical (unpaired) electrons. The molecule has 1 aliphatic heterocycles. The van der Waals surface area contributed by atoms with Crippen LogP contribution >= 0.6 is 7.82 Å². The Morgan fingerprint density at radius 3 is 2.18 bits per heavy atom. The van der Waals surface area contributed by atoms with Crippen molar-refractivity contribution in [3.63, 3.8) is 0 Å². The van der Waals surface area contributed by atoms with Crippen LogP contribution in [-0.2, 0) is 40.4 Å². The molecular weight excluding hydrogens is 485 g/mol. The standard InChI is InChI=1S/C23H36N3O6P.Ca.2H/c1-8-30-33(29,32-21(28)19(24)11-16-12-25-14-26-16)31-13-15-9-17(22(2,3)4)20(27)18(10-15)23(5,6)7;;;/h9-10,14,19,27H,8,11-13,24H2,1-7H3;;;/q;+2;2*-1/t19-,33?;;;/m0.../s1. The van der Waals surface area contributed by atoms with Gasteiger partial charge in [-0.3, -0.25) is 14.0 Å². The number of carbonyl (C=O) groups is 1. The zero-order valence-electron chi connectivity index (χ0n) is 23.3. The van der Waals surface area contributed by atoms with Gasteiger partial charge in [-0.15, -0.1) is 0 Å². The number of nitrogens with zero attached hydrogens (tertiary/aromatic N) is 2. The molecule has 1 aromatic carbocycles. The summed E-state index contributed by atoms with van der Waals surface area (Å²) in [5.74, 6) is -0.680. The van der Waals surface area contributed by atoms with Gasteiger partial charge in [0.15, 0.2) is 0 Å². The molecule has 2 rings (SSSR count). The number of carbonyl (C=O) groups excluding carboxylic acids is 1. The Labute approximate surface area is 235 Å². The number of phosphoric ester groups is 1. The fourth-order valence-corrected chi connectivity index (χ4v) is 4.42. The van der Waals surface area contributed by atoms with E-state index >= 15 is 0 Å². The monoisotopic (exact) mass is 523 g/mol. The Morgan fingerprint density at radius 1 is 1.18 bits per heavy atom. The van der Waals surface area contributed by atoms with Crippen molar-refractivity contribution >= 4 is 63.6 Å². The Hall–Kier alpha value is -0.800. The van der Waals surface area contributed by atoms with Gasteiger partial charge in [-0.25, -0.2) is 14.4 Å². The van der Waals surface area contributed by atoms with E-state index in [-0.39, 0.29) is 76.8 Å². The van der Waals surface area contributed by atoms with Crippen LogP contribution < -0.4 is 5.73 Å². The minimum atomic E-state index is -4.23. The van der Waals surface area contributed by atoms with Gasteiger partial charge < -0.3 is 18.2 Å². The van der Waals surface area contributed by atoms with Gasteiger partial charge in [0.1, 0.15) is 18.1 Å². The van der Waals surface area contributed by atoms with E-state index in [1.165, 1.54) is 6.34 Å². The summed E-state index contributed by atoms with van der Waals surface area (Å²) in [6.07, 6.45) is 1.53. The van der Waals surface area contributed by atoms with E-state index in [1.807, 2.05) is 41.5 Å². The van der Waals surface area contributed by atoms with E-state index in [0.29, 0.717) is 17.8 Å². The van der Waals surface area contributed by atoms with Crippen molar-refractivity contribution in [2.75, 3.05) is 13.2 Å². The first-order valence-corrected chi connectivity index (χ1v) is 12.4. The van der Waals surface area contributed by atoms with Crippen molar-refractivity contribution in [3.8, 4) is 5.75 Å². The number of hydrogen-bond donors (Lipinski definition) is 2. The predicted molar refractivity (Wildman–Crippen MR) is 137 cm³/mol. The molecule has 188 valence electrons. The molecule has 1 aliphatic rings. The van der Waals surface area contributed by atoms with E-state index in [0.717, 1.165) is 11.1 Å². The average molecular weight is 524 g/mol. The van der Waals surface area contributed by atoms with E-state index in [2.05, 4.69) is 9.98 Å². The SMILES string of the molecule is CCOP(=O)(OCc1cc(C(C)(C)C)c(O)c(C(C)(C)C)c1)OC(=O)[C@@H](N)CC1=NC=NC1.[Ca+2].[H-].[H-]. The molecule has 0 aromatic heterocycles. The molecule has 1 aromatic rings. The largest absolute Gasteiger partial charge is 2.00 e. The molecule has 9 nitrogen and oxygen atoms in total. The van der Waals surface area contributed by atoms with Crippen LogP contribution in [0, 0.1) is 0 Å². The molecule has 34 heavy (non-hydrogen) atoms. The molecule has 0 aliphatic carbocycles. The number of phenols is 1. The van der Waals surface area contributed by atoms with Crippen molar-refractivity contribution < 1.29 is 30.9 Å². The summed E-state index contributed by atoms with van der Waals surface area (Å²) in [4.78, 5) is 20.4. The van der Waals surface area contributed by atoms with Crippen LogP contribution in [0.1, 0.15) is 74.4 Å². The molecule has 0 saturated carbocycles. The molecule has 2 atom stereocenters. The van der Waals surface area contributed by atoms with E-state index in [4.69, 9.17) is 19.3 Å². The van der Waals surface area contributed by atoms with Gasteiger partial charge in [-0.1, -0.05) is 41.5 Å². The van der Waals surface area contributed by atoms with Gasteiger partial charge in [0, 0.05) is 12.1 Å². The zero-order chi connectivity index (χ0) is 25.0. The first kappa shape index (κ1) is 31.2. The number of phenolic OH excluding ortho intramolecular Hbond substituents is 1. The summed E-state index contributed by atoms with van der Waals surface area (Å²) in [5, 5.41) is 10.9. The second kappa shape index (κ2) is 12.4. The minimum absolute atomic E-state index is 0. The number of benzene rings is 1. The van der Waals surface area contributed by atoms with Crippen molar-refractivity contribution in [3.05, 3.63) is 28.8 Å². The van der Waals surface area contributed by atoms with Gasteiger partial charge in [-0.05, 0) is 46.6 Å². The summed E-state index contributed by atoms with van der Waals surface area (Å²) in [5.41, 5.74) is 7.99. The number of hydrogen-bond acceptors (Lipinski definition) is 9. The molecule has 3 N–H and O–H groups in total. The second-order valence-electron chi connectivity index (χ2n) is 10.1. The number of nitrogens with two attached hydrogens (primary N) is 1. The summed E-state index contributed by atoms with van der Waals surface area (Å²) < 4.78 is 28.9. The second-order valence-corrected chi connectivity index (χ2v) is 11.6. The summed E-state index contributed by atoms with van der Waals surface area (Å²) >= 11 is 0. The molecule has 0 fully saturated rings. The summed E-state index contributed by atoms with van der Waals surface area (Å²) in [6.45, 7) is 13.8. The maximum atomic E-state index is 13.1. The minimum Gasteiger partial charge on any atom is -1.00 e. The van der Waals surface area contributed by atoms with Crippen molar-refractivity contribution in [1.82, 2.24) is 0 Å². The third kappa shape index (κ3) is 8.70. The van der Waals surface area contributed by atoms with Gasteiger partial charge in [0.05, 0.1) is 19.8 Å². The number of rotatable bonds is 9. The fourth-order valence-electron chi connectivity index (χ4n) is 3.26. The first-order chi connectivity index (χ1) is 15.2. The van der Waals surface area contributed by atoms with Crippen LogP contribution in [-0.4, -0.2) is 80.1 Å². The van der Waals surface area contributed by atoms with E-state index in [1.54, 1.807) is 19.1 Å². The maximum Gasteiger partial charge on any atom is 2.00 e. The van der Waals surface area contributed by atoms with Crippen molar-refractivity contribution in [1.29, 1.82) is 0 Å². The predicted octanol–water partition coefficient (Wildman–Crippen LogP) is 4.24. The quantitative estimate of drug-likeness (QED) is 0.365. The van der Waals surface area contributed by atoms with Crippen LogP contribution in [0.15, 0.2) is 22.1 Å². The molecule has 11 heteroatoms. The Kier molecular flexibility index (Phi) is 11.4. The third-order valence-corrected chi connectivity index (χ3v) is 6.44. The Morgan fingerprint density at radius 2 is 1.74 bits per heavy atom. The van der Waals surface area contributed by atoms with Crippen LogP contribution in [0.2, 0.25) is 0 Å². The zero-order valence-corrected chi connectivity index (χ0v) is 24.4. The van der Waals surface area contributed by atoms with Crippen LogP contribution in [0.3, 0.4) is 0 Å². The Balaban J connectivity index is 0. The van der Waals surface area contributed by atoms with Gasteiger partial charge in [-0.2, -0.15) is 0 Å². The molecule has 0 bridgehead atoms. The number of aromatic hydroxyl groups is 1. The first-order valence-electron chi connectivity index (χ1n) is 10.9. The average Bonchev–Trinajstić information content (AvgIpc) is 3.18. The summed E-state index contributed by atoms with van der Waals surface area (Å²) in [6, 6.07) is 2.52. The van der Waals surface area contributed by atoms with E-state index in [9.17, 15) is 14.5 Å². The van der Waals surface area contributed by atoms with Crippen molar-refractivity contribution in [2.45, 2.75) is 78.4 Å². The van der Waals surface area contributed by atoms with E-state index < -0.39 is 19.8 Å². The van der Waals surface area contributed by atoms with Gasteiger partial charge in [0.2, 0.25) is 0 Å². The van der Waals surface area contributed by atoms with Gasteiger partial charge >= 0.3 is 51.5 Å². The topological polar surface area (TPSA) is 133 Å². The van der Waals surface area contributed by atoms with Crippen LogP contribution in [0.5, 0.6) is 5.75 Å². The third-order valence-electron chi connectivity index (χ3n) is 5.02. The van der Waals surface area contributed by atoms with Gasteiger partial charge in [0.25, 0.3) is 0 Å². The molecule has 0 saturated heterocycles. The Bertz CT molecular complexity index is 958. The molecule has 1 unspecified atom stereocenters. The molecule has 0 amide bonds. The van der Waals surface area contributed by atoms with Crippen LogP contribution in [0.4, 0.5) is 0 Å². The summed E-state index contributed by atoms with van der Waals surface area (Å²) in [7, 11) is -4.23. The molecular formula is C23H38CaN3O6P. The van der Waals surface area contributed by atoms with Crippen LogP contribution in [0.25, 0.3) is 0 Å².